The van der Waals surface area contributed by atoms with Gasteiger partial charge in [-0.3, -0.25) is 0 Å². The number of hydrogen-bond acceptors (Lipinski definition) is 4. The van der Waals surface area contributed by atoms with Crippen LogP contribution in [-0.2, 0) is 0 Å². The predicted molar refractivity (Wildman–Crippen MR) is 60.0 cm³/mol. The second-order valence-corrected chi connectivity index (χ2v) is 3.74. The first-order chi connectivity index (χ1) is 7.50. The molecule has 5 heteroatoms. The monoisotopic (exact) mass is 224 g/mol. The van der Waals surface area contributed by atoms with E-state index >= 15 is 0 Å². The van der Waals surface area contributed by atoms with Crippen molar-refractivity contribution in [2.75, 3.05) is 27.2 Å². The van der Waals surface area contributed by atoms with Gasteiger partial charge in [0.05, 0.1) is 11.3 Å². The second-order valence-electron chi connectivity index (χ2n) is 3.74. The third kappa shape index (κ3) is 3.51. The van der Waals surface area contributed by atoms with Crippen LogP contribution in [-0.4, -0.2) is 48.2 Å². The lowest BCUT2D eigenvalue weighted by Gasteiger charge is -2.11. The molecule has 0 spiro atoms. The normalized spacial score (nSPS) is 10.5. The maximum atomic E-state index is 10.7. The van der Waals surface area contributed by atoms with Crippen LogP contribution in [0.2, 0.25) is 0 Å². The number of carboxylic acid groups (broad SMARTS) is 1. The lowest BCUT2D eigenvalue weighted by atomic mass is 10.2. The molecule has 0 aliphatic rings. The highest BCUT2D eigenvalue weighted by Crippen LogP contribution is 2.12. The van der Waals surface area contributed by atoms with Gasteiger partial charge < -0.3 is 14.7 Å². The fraction of sp³-hybridized carbons (Fsp3) is 0.455. The quantitative estimate of drug-likeness (QED) is 0.809. The molecule has 5 nitrogen and oxygen atoms in total. The molecule has 0 saturated carbocycles. The largest absolute Gasteiger partial charge is 0.478 e. The van der Waals surface area contributed by atoms with Crippen LogP contribution in [0, 0.1) is 6.92 Å². The fourth-order valence-corrected chi connectivity index (χ4v) is 1.18. The van der Waals surface area contributed by atoms with Gasteiger partial charge in [0.25, 0.3) is 0 Å². The van der Waals surface area contributed by atoms with Gasteiger partial charge in [-0.2, -0.15) is 0 Å². The number of rotatable bonds is 5. The van der Waals surface area contributed by atoms with Crippen molar-refractivity contribution in [1.82, 2.24) is 9.88 Å². The zero-order valence-corrected chi connectivity index (χ0v) is 9.73. The van der Waals surface area contributed by atoms with Crippen LogP contribution in [0.25, 0.3) is 0 Å². The maximum Gasteiger partial charge on any atom is 0.337 e. The molecule has 88 valence electrons. The Labute approximate surface area is 94.7 Å². The molecule has 1 N–H and O–H groups in total. The Kier molecular flexibility index (Phi) is 4.25. The second kappa shape index (κ2) is 5.46. The van der Waals surface area contributed by atoms with Crippen molar-refractivity contribution in [2.45, 2.75) is 6.92 Å². The summed E-state index contributed by atoms with van der Waals surface area (Å²) in [4.78, 5) is 16.8. The van der Waals surface area contributed by atoms with Crippen molar-refractivity contribution in [3.63, 3.8) is 0 Å². The number of aromatic nitrogens is 1. The Hall–Kier alpha value is -1.62. The third-order valence-corrected chi connectivity index (χ3v) is 2.08. The van der Waals surface area contributed by atoms with Gasteiger partial charge in [-0.1, -0.05) is 0 Å². The van der Waals surface area contributed by atoms with E-state index < -0.39 is 5.97 Å². The Morgan fingerprint density at radius 3 is 2.69 bits per heavy atom. The first-order valence-electron chi connectivity index (χ1n) is 4.99. The van der Waals surface area contributed by atoms with Crippen LogP contribution in [0.3, 0.4) is 0 Å². The maximum absolute atomic E-state index is 10.7. The summed E-state index contributed by atoms with van der Waals surface area (Å²) in [5, 5.41) is 8.82. The zero-order chi connectivity index (χ0) is 12.1. The van der Waals surface area contributed by atoms with E-state index in [1.807, 2.05) is 19.0 Å². The van der Waals surface area contributed by atoms with Crippen LogP contribution in [0.4, 0.5) is 0 Å². The van der Waals surface area contributed by atoms with Gasteiger partial charge in [-0.25, -0.2) is 9.78 Å². The SMILES string of the molecule is Cc1nc(OCCN(C)C)ccc1C(=O)O. The van der Waals surface area contributed by atoms with Gasteiger partial charge in [0.15, 0.2) is 0 Å². The molecule has 1 aromatic rings. The molecule has 0 bridgehead atoms. The number of carbonyl (C=O) groups is 1. The molecule has 0 amide bonds. The van der Waals surface area contributed by atoms with E-state index in [0.717, 1.165) is 6.54 Å². The van der Waals surface area contributed by atoms with E-state index in [4.69, 9.17) is 9.84 Å². The predicted octanol–water partition coefficient (Wildman–Crippen LogP) is 1.03. The first-order valence-corrected chi connectivity index (χ1v) is 4.99. The van der Waals surface area contributed by atoms with Gasteiger partial charge in [0.1, 0.15) is 6.61 Å². The van der Waals surface area contributed by atoms with Gasteiger partial charge in [-0.05, 0) is 27.1 Å². The third-order valence-electron chi connectivity index (χ3n) is 2.08. The van der Waals surface area contributed by atoms with Gasteiger partial charge in [-0.15, -0.1) is 0 Å². The van der Waals surface area contributed by atoms with E-state index in [-0.39, 0.29) is 5.56 Å². The van der Waals surface area contributed by atoms with E-state index in [9.17, 15) is 4.79 Å². The number of aryl methyl sites for hydroxylation is 1. The summed E-state index contributed by atoms with van der Waals surface area (Å²) >= 11 is 0. The van der Waals surface area contributed by atoms with E-state index in [0.29, 0.717) is 18.2 Å². The summed E-state index contributed by atoms with van der Waals surface area (Å²) in [5.74, 6) is -0.505. The lowest BCUT2D eigenvalue weighted by Crippen LogP contribution is -2.19. The van der Waals surface area contributed by atoms with Crippen LogP contribution >= 0.6 is 0 Å². The van der Waals surface area contributed by atoms with Crippen LogP contribution in [0.1, 0.15) is 16.1 Å². The van der Waals surface area contributed by atoms with Crippen molar-refractivity contribution in [1.29, 1.82) is 0 Å². The molecule has 0 unspecified atom stereocenters. The molecular formula is C11H16N2O3. The summed E-state index contributed by atoms with van der Waals surface area (Å²) in [6.07, 6.45) is 0. The van der Waals surface area contributed by atoms with E-state index in [1.54, 1.807) is 13.0 Å². The molecular weight excluding hydrogens is 208 g/mol. The summed E-state index contributed by atoms with van der Waals surface area (Å²) in [6.45, 7) is 2.98. The number of nitrogens with zero attached hydrogens (tertiary/aromatic N) is 2. The minimum absolute atomic E-state index is 0.208. The van der Waals surface area contributed by atoms with Gasteiger partial charge >= 0.3 is 5.97 Å². The van der Waals surface area contributed by atoms with Crippen molar-refractivity contribution in [3.8, 4) is 5.88 Å². The number of carboxylic acids is 1. The lowest BCUT2D eigenvalue weighted by molar-refractivity contribution is 0.0695. The molecule has 0 atom stereocenters. The van der Waals surface area contributed by atoms with Crippen molar-refractivity contribution in [2.24, 2.45) is 0 Å². The van der Waals surface area contributed by atoms with Crippen LogP contribution in [0.15, 0.2) is 12.1 Å². The van der Waals surface area contributed by atoms with Gasteiger partial charge in [0.2, 0.25) is 5.88 Å². The Morgan fingerprint density at radius 1 is 1.50 bits per heavy atom. The number of ether oxygens (including phenoxy) is 1. The van der Waals surface area contributed by atoms with Crippen molar-refractivity contribution >= 4 is 5.97 Å². The van der Waals surface area contributed by atoms with Crippen molar-refractivity contribution in [3.05, 3.63) is 23.4 Å². The Morgan fingerprint density at radius 2 is 2.19 bits per heavy atom. The summed E-state index contributed by atoms with van der Waals surface area (Å²) in [5.41, 5.74) is 0.676. The van der Waals surface area contributed by atoms with Crippen molar-refractivity contribution < 1.29 is 14.6 Å². The van der Waals surface area contributed by atoms with Gasteiger partial charge in [0, 0.05) is 12.6 Å². The highest BCUT2D eigenvalue weighted by atomic mass is 16.5. The first kappa shape index (κ1) is 12.4. The fourth-order valence-electron chi connectivity index (χ4n) is 1.18. The molecule has 16 heavy (non-hydrogen) atoms. The standard InChI is InChI=1S/C11H16N2O3/c1-8-9(11(14)15)4-5-10(12-8)16-7-6-13(2)3/h4-5H,6-7H2,1-3H3,(H,14,15). The zero-order valence-electron chi connectivity index (χ0n) is 9.73. The average molecular weight is 224 g/mol. The number of hydrogen-bond donors (Lipinski definition) is 1. The number of pyridine rings is 1. The average Bonchev–Trinajstić information content (AvgIpc) is 2.16. The molecule has 1 rings (SSSR count). The summed E-state index contributed by atoms with van der Waals surface area (Å²) < 4.78 is 5.39. The molecule has 1 heterocycles. The molecule has 0 aliphatic carbocycles. The van der Waals surface area contributed by atoms with Crippen LogP contribution in [0.5, 0.6) is 5.88 Å². The van der Waals surface area contributed by atoms with E-state index in [1.165, 1.54) is 6.07 Å². The molecule has 0 radical (unpaired) electrons. The molecule has 1 aromatic heterocycles. The highest BCUT2D eigenvalue weighted by molar-refractivity contribution is 5.88. The summed E-state index contributed by atoms with van der Waals surface area (Å²) in [6, 6.07) is 3.09. The Balaban J connectivity index is 2.63. The van der Waals surface area contributed by atoms with E-state index in [2.05, 4.69) is 4.98 Å². The Bertz CT molecular complexity index is 377. The summed E-state index contributed by atoms with van der Waals surface area (Å²) in [7, 11) is 3.91. The highest BCUT2D eigenvalue weighted by Gasteiger charge is 2.08. The minimum atomic E-state index is -0.968. The number of likely N-dealkylation sites (N-methyl/N-ethyl adjacent to an activating group) is 1. The minimum Gasteiger partial charge on any atom is -0.478 e. The number of aromatic carboxylic acids is 1. The molecule has 0 aliphatic heterocycles. The topological polar surface area (TPSA) is 62.7 Å². The molecule has 0 saturated heterocycles. The van der Waals surface area contributed by atoms with Crippen LogP contribution < -0.4 is 4.74 Å². The molecule has 0 aromatic carbocycles. The smallest absolute Gasteiger partial charge is 0.337 e. The molecule has 0 fully saturated rings.